The molecule has 1 saturated heterocycles. The predicted molar refractivity (Wildman–Crippen MR) is 115 cm³/mol. The molecule has 30 heavy (non-hydrogen) atoms. The molecule has 1 aromatic carbocycles. The molecule has 3 heterocycles. The van der Waals surface area contributed by atoms with Gasteiger partial charge in [0.1, 0.15) is 13.1 Å². The molecule has 0 amide bonds. The molecule has 0 aliphatic carbocycles. The summed E-state index contributed by atoms with van der Waals surface area (Å²) in [5.74, 6) is 0.732. The Morgan fingerprint density at radius 2 is 2.00 bits per heavy atom. The van der Waals surface area contributed by atoms with Gasteiger partial charge in [-0.2, -0.15) is 0 Å². The summed E-state index contributed by atoms with van der Waals surface area (Å²) >= 11 is 0. The van der Waals surface area contributed by atoms with Crippen molar-refractivity contribution in [1.29, 1.82) is 0 Å². The first-order valence-electron chi connectivity index (χ1n) is 10.8. The number of hydrogen-bond donors (Lipinski definition) is 2. The monoisotopic (exact) mass is 411 g/mol. The molecule has 0 saturated carbocycles. The highest BCUT2D eigenvalue weighted by Crippen LogP contribution is 2.25. The number of ether oxygens (including phenoxy) is 1. The zero-order valence-corrected chi connectivity index (χ0v) is 18.2. The lowest BCUT2D eigenvalue weighted by molar-refractivity contribution is -0.934. The Morgan fingerprint density at radius 3 is 2.70 bits per heavy atom. The molecule has 2 N–H and O–H groups in total. The number of fused-ring (bicyclic) bond motifs is 1. The van der Waals surface area contributed by atoms with Crippen LogP contribution < -0.4 is 10.5 Å². The van der Waals surface area contributed by atoms with Crippen molar-refractivity contribution >= 4 is 10.9 Å². The van der Waals surface area contributed by atoms with Crippen molar-refractivity contribution in [3.05, 3.63) is 51.6 Å². The Labute approximate surface area is 176 Å². The highest BCUT2D eigenvalue weighted by Gasteiger charge is 2.37. The van der Waals surface area contributed by atoms with Crippen LogP contribution in [-0.2, 0) is 16.7 Å². The molecule has 0 bridgehead atoms. The van der Waals surface area contributed by atoms with E-state index in [1.54, 1.807) is 0 Å². The summed E-state index contributed by atoms with van der Waals surface area (Å²) in [4.78, 5) is 17.6. The van der Waals surface area contributed by atoms with E-state index in [9.17, 15) is 4.79 Å². The maximum absolute atomic E-state index is 13.2. The Bertz CT molecular complexity index is 1080. The summed E-state index contributed by atoms with van der Waals surface area (Å²) in [6.07, 6.45) is 1.83. The number of nitrogens with zero attached hydrogens (tertiary/aromatic N) is 4. The molecule has 2 aromatic heterocycles. The minimum absolute atomic E-state index is 0.0837. The Hall–Kier alpha value is -2.58. The zero-order valence-electron chi connectivity index (χ0n) is 18.2. The predicted octanol–water partition coefficient (Wildman–Crippen LogP) is 1.23. The molecular formula is C22H31N6O2+. The van der Waals surface area contributed by atoms with Crippen LogP contribution >= 0.6 is 0 Å². The van der Waals surface area contributed by atoms with Crippen molar-refractivity contribution in [3.63, 3.8) is 0 Å². The fourth-order valence-corrected chi connectivity index (χ4v) is 4.13. The number of aromatic nitrogens is 5. The highest BCUT2D eigenvalue weighted by atomic mass is 16.5. The number of nitrogens with one attached hydrogen (secondary N) is 2. The molecule has 8 heteroatoms. The number of morpholine rings is 1. The molecule has 8 nitrogen and oxygen atoms in total. The van der Waals surface area contributed by atoms with E-state index in [0.717, 1.165) is 42.7 Å². The summed E-state index contributed by atoms with van der Waals surface area (Å²) in [7, 11) is 0. The molecule has 1 atom stereocenters. The third-order valence-electron chi connectivity index (χ3n) is 6.39. The van der Waals surface area contributed by atoms with Crippen molar-refractivity contribution in [3.8, 4) is 0 Å². The number of benzene rings is 1. The first-order chi connectivity index (χ1) is 14.4. The smallest absolute Gasteiger partial charge is 0.258 e. The van der Waals surface area contributed by atoms with Crippen LogP contribution in [0.2, 0.25) is 0 Å². The van der Waals surface area contributed by atoms with E-state index in [0.29, 0.717) is 18.8 Å². The van der Waals surface area contributed by atoms with Crippen LogP contribution in [0.1, 0.15) is 57.1 Å². The summed E-state index contributed by atoms with van der Waals surface area (Å²) in [5.41, 5.74) is 2.47. The van der Waals surface area contributed by atoms with Gasteiger partial charge in [-0.05, 0) is 66.3 Å². The lowest BCUT2D eigenvalue weighted by atomic mass is 9.98. The van der Waals surface area contributed by atoms with Gasteiger partial charge in [0.15, 0.2) is 6.04 Å². The molecule has 1 aliphatic heterocycles. The highest BCUT2D eigenvalue weighted by molar-refractivity contribution is 5.79. The lowest BCUT2D eigenvalue weighted by Gasteiger charge is -2.32. The molecule has 4 rings (SSSR count). The average Bonchev–Trinajstić information content (AvgIpc) is 3.25. The van der Waals surface area contributed by atoms with Gasteiger partial charge >= 0.3 is 0 Å². The Morgan fingerprint density at radius 1 is 1.23 bits per heavy atom. The van der Waals surface area contributed by atoms with E-state index >= 15 is 0 Å². The molecule has 1 fully saturated rings. The van der Waals surface area contributed by atoms with Crippen LogP contribution in [0.15, 0.2) is 29.1 Å². The standard InChI is InChI=1S/C22H30N6O2/c1-5-15-7-8-18-16(13-15)14-17(21(29)23-18)19(27-9-11-30-12-10-27)20-24-25-26-28(20)22(3,4)6-2/h7-8,13-14,19H,5-6,9-12H2,1-4H3,(H,23,29)/p+1/t19-/m1/s1. The number of H-pyrrole nitrogens is 1. The van der Waals surface area contributed by atoms with Crippen LogP contribution in [0.4, 0.5) is 0 Å². The largest absolute Gasteiger partial charge is 0.370 e. The van der Waals surface area contributed by atoms with Crippen molar-refractivity contribution in [1.82, 2.24) is 25.2 Å². The van der Waals surface area contributed by atoms with Gasteiger partial charge in [0, 0.05) is 5.52 Å². The molecular weight excluding hydrogens is 380 g/mol. The number of aryl methyl sites for hydroxylation is 1. The topological polar surface area (TPSA) is 90.1 Å². The van der Waals surface area contributed by atoms with E-state index in [1.807, 2.05) is 16.8 Å². The van der Waals surface area contributed by atoms with Gasteiger partial charge in [0.05, 0.1) is 24.3 Å². The number of tetrazole rings is 1. The molecule has 0 spiro atoms. The first-order valence-corrected chi connectivity index (χ1v) is 10.8. The van der Waals surface area contributed by atoms with Crippen LogP contribution in [0.25, 0.3) is 10.9 Å². The Balaban J connectivity index is 1.90. The van der Waals surface area contributed by atoms with Crippen molar-refractivity contribution < 1.29 is 9.64 Å². The summed E-state index contributed by atoms with van der Waals surface area (Å²) < 4.78 is 7.48. The second kappa shape index (κ2) is 8.28. The average molecular weight is 412 g/mol. The van der Waals surface area contributed by atoms with Crippen molar-refractivity contribution in [2.24, 2.45) is 0 Å². The number of hydrogen-bond acceptors (Lipinski definition) is 5. The van der Waals surface area contributed by atoms with Crippen LogP contribution in [0.3, 0.4) is 0 Å². The van der Waals surface area contributed by atoms with Crippen molar-refractivity contribution in [2.75, 3.05) is 26.3 Å². The third-order valence-corrected chi connectivity index (χ3v) is 6.39. The SMILES string of the molecule is CCc1ccc2[nH]c(=O)c([C@H](c3nnnn3C(C)(C)CC)[NH+]3CCOCC3)cc2c1. The minimum Gasteiger partial charge on any atom is -0.370 e. The molecule has 160 valence electrons. The number of aromatic amines is 1. The maximum Gasteiger partial charge on any atom is 0.258 e. The van der Waals surface area contributed by atoms with Gasteiger partial charge in [-0.25, -0.2) is 4.68 Å². The maximum atomic E-state index is 13.2. The summed E-state index contributed by atoms with van der Waals surface area (Å²) in [6.45, 7) is 11.4. The van der Waals surface area contributed by atoms with Gasteiger partial charge in [-0.1, -0.05) is 19.9 Å². The third kappa shape index (κ3) is 3.77. The van der Waals surface area contributed by atoms with E-state index < -0.39 is 0 Å². The fraction of sp³-hybridized carbons (Fsp3) is 0.545. The van der Waals surface area contributed by atoms with E-state index in [4.69, 9.17) is 4.74 Å². The minimum atomic E-state index is -0.256. The number of rotatable bonds is 6. The van der Waals surface area contributed by atoms with Gasteiger partial charge < -0.3 is 14.6 Å². The van der Waals surface area contributed by atoms with Gasteiger partial charge in [-0.15, -0.1) is 5.10 Å². The quantitative estimate of drug-likeness (QED) is 0.637. The second-order valence-corrected chi connectivity index (χ2v) is 8.65. The van der Waals surface area contributed by atoms with Crippen LogP contribution in [0.5, 0.6) is 0 Å². The number of quaternary nitrogens is 1. The number of pyridine rings is 1. The fourth-order valence-electron chi connectivity index (χ4n) is 4.13. The van der Waals surface area contributed by atoms with Gasteiger partial charge in [0.25, 0.3) is 5.56 Å². The molecule has 3 aromatic rings. The van der Waals surface area contributed by atoms with E-state index in [1.165, 1.54) is 10.5 Å². The van der Waals surface area contributed by atoms with Gasteiger partial charge in [0.2, 0.25) is 5.82 Å². The summed E-state index contributed by atoms with van der Waals surface area (Å²) in [5, 5.41) is 13.8. The van der Waals surface area contributed by atoms with Crippen LogP contribution in [0, 0.1) is 0 Å². The first kappa shape index (κ1) is 20.7. The Kier molecular flexibility index (Phi) is 5.71. The van der Waals surface area contributed by atoms with E-state index in [2.05, 4.69) is 60.3 Å². The van der Waals surface area contributed by atoms with Gasteiger partial charge in [-0.3, -0.25) is 4.79 Å². The lowest BCUT2D eigenvalue weighted by Crippen LogP contribution is -3.14. The van der Waals surface area contributed by atoms with Crippen molar-refractivity contribution in [2.45, 2.75) is 52.1 Å². The zero-order chi connectivity index (χ0) is 21.3. The molecule has 0 radical (unpaired) electrons. The van der Waals surface area contributed by atoms with E-state index in [-0.39, 0.29) is 17.1 Å². The molecule has 1 aliphatic rings. The normalized spacial score (nSPS) is 16.8. The summed E-state index contributed by atoms with van der Waals surface area (Å²) in [6, 6.07) is 7.97. The molecule has 0 unspecified atom stereocenters. The van der Waals surface area contributed by atoms with Crippen LogP contribution in [-0.4, -0.2) is 51.5 Å². The second-order valence-electron chi connectivity index (χ2n) is 8.65.